The lowest BCUT2D eigenvalue weighted by atomic mass is 9.95. The van der Waals surface area contributed by atoms with Crippen molar-refractivity contribution in [1.82, 2.24) is 25.0 Å². The van der Waals surface area contributed by atoms with E-state index in [1.165, 1.54) is 0 Å². The second kappa shape index (κ2) is 8.76. The Balaban J connectivity index is 1.58. The van der Waals surface area contributed by atoms with Gasteiger partial charge in [0.2, 0.25) is 5.91 Å². The average Bonchev–Trinajstić information content (AvgIpc) is 3.23. The topological polar surface area (TPSA) is 72.3 Å². The SMILES string of the molecule is CCC[C@H]1CN(Cc2ncnn2CC)C[C@@H]1NC(=O)C1CCOCC1. The molecular formula is C18H31N5O2. The van der Waals surface area contributed by atoms with E-state index in [-0.39, 0.29) is 17.9 Å². The van der Waals surface area contributed by atoms with Crippen LogP contribution in [0.4, 0.5) is 0 Å². The van der Waals surface area contributed by atoms with E-state index in [1.807, 2.05) is 4.68 Å². The molecule has 2 aliphatic rings. The number of ether oxygens (including phenoxy) is 1. The summed E-state index contributed by atoms with van der Waals surface area (Å²) in [4.78, 5) is 19.4. The molecule has 2 fully saturated rings. The summed E-state index contributed by atoms with van der Waals surface area (Å²) in [6.45, 7) is 9.27. The standard InChI is InChI=1S/C18H31N5O2/c1-3-5-15-10-22(12-17-19-13-20-23(17)4-2)11-16(15)21-18(24)14-6-8-25-9-7-14/h13-16H,3-12H2,1-2H3,(H,21,24)/t15-,16-/m0/s1. The molecule has 7 nitrogen and oxygen atoms in total. The van der Waals surface area contributed by atoms with Crippen molar-refractivity contribution in [3.8, 4) is 0 Å². The van der Waals surface area contributed by atoms with E-state index in [9.17, 15) is 4.79 Å². The molecule has 2 aliphatic heterocycles. The first-order valence-corrected chi connectivity index (χ1v) is 9.68. The highest BCUT2D eigenvalue weighted by Crippen LogP contribution is 2.24. The predicted octanol–water partition coefficient (Wildman–Crippen LogP) is 1.44. The molecule has 1 aromatic rings. The van der Waals surface area contributed by atoms with E-state index >= 15 is 0 Å². The molecule has 140 valence electrons. The lowest BCUT2D eigenvalue weighted by Crippen LogP contribution is -2.44. The number of aryl methyl sites for hydroxylation is 1. The number of carbonyl (C=O) groups excluding carboxylic acids is 1. The molecule has 0 unspecified atom stereocenters. The van der Waals surface area contributed by atoms with Gasteiger partial charge in [0.25, 0.3) is 0 Å². The number of aromatic nitrogens is 3. The summed E-state index contributed by atoms with van der Waals surface area (Å²) in [5, 5.41) is 7.60. The highest BCUT2D eigenvalue weighted by atomic mass is 16.5. The van der Waals surface area contributed by atoms with Gasteiger partial charge in [-0.05, 0) is 32.1 Å². The van der Waals surface area contributed by atoms with Crippen molar-refractivity contribution in [2.75, 3.05) is 26.3 Å². The normalized spacial score (nSPS) is 25.4. The van der Waals surface area contributed by atoms with Crippen molar-refractivity contribution in [1.29, 1.82) is 0 Å². The lowest BCUT2D eigenvalue weighted by molar-refractivity contribution is -0.128. The molecule has 0 aromatic carbocycles. The molecule has 1 aromatic heterocycles. The molecule has 0 aliphatic carbocycles. The van der Waals surface area contributed by atoms with E-state index < -0.39 is 0 Å². The molecule has 1 N–H and O–H groups in total. The van der Waals surface area contributed by atoms with Crippen LogP contribution in [0.1, 0.15) is 45.4 Å². The molecule has 2 atom stereocenters. The molecule has 0 bridgehead atoms. The second-order valence-corrected chi connectivity index (χ2v) is 7.24. The largest absolute Gasteiger partial charge is 0.381 e. The highest BCUT2D eigenvalue weighted by Gasteiger charge is 2.35. The number of carbonyl (C=O) groups is 1. The maximum atomic E-state index is 12.6. The average molecular weight is 349 g/mol. The zero-order valence-electron chi connectivity index (χ0n) is 15.5. The summed E-state index contributed by atoms with van der Waals surface area (Å²) in [5.41, 5.74) is 0. The van der Waals surface area contributed by atoms with Crippen LogP contribution in [0.5, 0.6) is 0 Å². The smallest absolute Gasteiger partial charge is 0.223 e. The summed E-state index contributed by atoms with van der Waals surface area (Å²) in [6, 6.07) is 0.244. The quantitative estimate of drug-likeness (QED) is 0.806. The van der Waals surface area contributed by atoms with Crippen LogP contribution < -0.4 is 5.32 Å². The number of likely N-dealkylation sites (tertiary alicyclic amines) is 1. The molecule has 0 spiro atoms. The van der Waals surface area contributed by atoms with Gasteiger partial charge in [-0.1, -0.05) is 13.3 Å². The molecule has 0 radical (unpaired) electrons. The molecule has 1 amide bonds. The van der Waals surface area contributed by atoms with Crippen LogP contribution in [0, 0.1) is 11.8 Å². The number of nitrogens with zero attached hydrogens (tertiary/aromatic N) is 4. The Morgan fingerprint density at radius 3 is 2.84 bits per heavy atom. The van der Waals surface area contributed by atoms with Gasteiger partial charge >= 0.3 is 0 Å². The minimum Gasteiger partial charge on any atom is -0.381 e. The summed E-state index contributed by atoms with van der Waals surface area (Å²) in [5.74, 6) is 1.86. The molecule has 3 heterocycles. The van der Waals surface area contributed by atoms with E-state index in [1.54, 1.807) is 6.33 Å². The van der Waals surface area contributed by atoms with Crippen molar-refractivity contribution in [3.05, 3.63) is 12.2 Å². The summed E-state index contributed by atoms with van der Waals surface area (Å²) >= 11 is 0. The van der Waals surface area contributed by atoms with Crippen LogP contribution in [-0.2, 0) is 22.6 Å². The monoisotopic (exact) mass is 349 g/mol. The maximum Gasteiger partial charge on any atom is 0.223 e. The van der Waals surface area contributed by atoms with Crippen LogP contribution >= 0.6 is 0 Å². The van der Waals surface area contributed by atoms with Crippen LogP contribution in [0.2, 0.25) is 0 Å². The van der Waals surface area contributed by atoms with Crippen molar-refractivity contribution < 1.29 is 9.53 Å². The fourth-order valence-corrected chi connectivity index (χ4v) is 4.05. The molecular weight excluding hydrogens is 318 g/mol. The van der Waals surface area contributed by atoms with Crippen molar-refractivity contribution in [3.63, 3.8) is 0 Å². The van der Waals surface area contributed by atoms with E-state index in [4.69, 9.17) is 4.74 Å². The zero-order chi connectivity index (χ0) is 17.6. The van der Waals surface area contributed by atoms with Gasteiger partial charge in [-0.25, -0.2) is 9.67 Å². The van der Waals surface area contributed by atoms with E-state index in [2.05, 4.69) is 34.1 Å². The van der Waals surface area contributed by atoms with Gasteiger partial charge in [-0.3, -0.25) is 9.69 Å². The van der Waals surface area contributed by atoms with Gasteiger partial charge in [0.05, 0.1) is 6.54 Å². The molecule has 2 saturated heterocycles. The Morgan fingerprint density at radius 2 is 2.12 bits per heavy atom. The number of hydrogen-bond donors (Lipinski definition) is 1. The number of nitrogens with one attached hydrogen (secondary N) is 1. The summed E-state index contributed by atoms with van der Waals surface area (Å²) < 4.78 is 7.32. The fourth-order valence-electron chi connectivity index (χ4n) is 4.05. The number of hydrogen-bond acceptors (Lipinski definition) is 5. The minimum absolute atomic E-state index is 0.119. The van der Waals surface area contributed by atoms with Crippen molar-refractivity contribution in [2.24, 2.45) is 11.8 Å². The van der Waals surface area contributed by atoms with E-state index in [0.29, 0.717) is 19.1 Å². The Bertz CT molecular complexity index is 555. The van der Waals surface area contributed by atoms with Crippen LogP contribution in [-0.4, -0.2) is 57.9 Å². The van der Waals surface area contributed by atoms with Crippen LogP contribution in [0.15, 0.2) is 6.33 Å². The van der Waals surface area contributed by atoms with Gasteiger partial charge in [0.1, 0.15) is 12.2 Å². The summed E-state index contributed by atoms with van der Waals surface area (Å²) in [6.07, 6.45) is 5.62. The highest BCUT2D eigenvalue weighted by molar-refractivity contribution is 5.79. The third-order valence-corrected chi connectivity index (χ3v) is 5.46. The number of amides is 1. The third kappa shape index (κ3) is 4.58. The third-order valence-electron chi connectivity index (χ3n) is 5.46. The second-order valence-electron chi connectivity index (χ2n) is 7.24. The fraction of sp³-hybridized carbons (Fsp3) is 0.833. The van der Waals surface area contributed by atoms with Crippen LogP contribution in [0.25, 0.3) is 0 Å². The van der Waals surface area contributed by atoms with Gasteiger partial charge in [0, 0.05) is 44.8 Å². The van der Waals surface area contributed by atoms with Gasteiger partial charge in [0.15, 0.2) is 0 Å². The van der Waals surface area contributed by atoms with Gasteiger partial charge < -0.3 is 10.1 Å². The zero-order valence-corrected chi connectivity index (χ0v) is 15.5. The van der Waals surface area contributed by atoms with Crippen molar-refractivity contribution >= 4 is 5.91 Å². The molecule has 7 heteroatoms. The summed E-state index contributed by atoms with van der Waals surface area (Å²) in [7, 11) is 0. The maximum absolute atomic E-state index is 12.6. The van der Waals surface area contributed by atoms with Crippen LogP contribution in [0.3, 0.4) is 0 Å². The van der Waals surface area contributed by atoms with Gasteiger partial charge in [-0.15, -0.1) is 0 Å². The number of rotatable bonds is 7. The first-order valence-electron chi connectivity index (χ1n) is 9.68. The van der Waals surface area contributed by atoms with Gasteiger partial charge in [-0.2, -0.15) is 5.10 Å². The van der Waals surface area contributed by atoms with E-state index in [0.717, 1.165) is 57.7 Å². The molecule has 0 saturated carbocycles. The Labute approximate surface area is 150 Å². The lowest BCUT2D eigenvalue weighted by Gasteiger charge is -2.25. The van der Waals surface area contributed by atoms with Crippen molar-refractivity contribution in [2.45, 2.75) is 58.7 Å². The predicted molar refractivity (Wildman–Crippen MR) is 94.8 cm³/mol. The minimum atomic E-state index is 0.119. The first-order chi connectivity index (χ1) is 12.2. The first kappa shape index (κ1) is 18.3. The molecule has 3 rings (SSSR count). The molecule has 25 heavy (non-hydrogen) atoms. The Hall–Kier alpha value is -1.47. The Morgan fingerprint density at radius 1 is 1.32 bits per heavy atom. The Kier molecular flexibility index (Phi) is 6.42.